The maximum atomic E-state index is 14.8. The zero-order valence-corrected chi connectivity index (χ0v) is 15.5. The van der Waals surface area contributed by atoms with Gasteiger partial charge >= 0.3 is 0 Å². The Bertz CT molecular complexity index is 835. The Labute approximate surface area is 157 Å². The van der Waals surface area contributed by atoms with Crippen LogP contribution in [0.25, 0.3) is 11.1 Å². The molecule has 27 heavy (non-hydrogen) atoms. The average molecular weight is 376 g/mol. The second kappa shape index (κ2) is 7.29. The van der Waals surface area contributed by atoms with Crippen LogP contribution in [0.15, 0.2) is 24.3 Å². The third-order valence-corrected chi connectivity index (χ3v) is 6.50. The molecule has 2 aromatic carbocycles. The smallest absolute Gasteiger partial charge is 0.194 e. The number of benzene rings is 2. The Morgan fingerprint density at radius 1 is 0.889 bits per heavy atom. The van der Waals surface area contributed by atoms with Crippen LogP contribution in [-0.4, -0.2) is 0 Å². The van der Waals surface area contributed by atoms with Gasteiger partial charge in [0.25, 0.3) is 0 Å². The molecule has 0 N–H and O–H groups in total. The highest BCUT2D eigenvalue weighted by Crippen LogP contribution is 2.48. The highest BCUT2D eigenvalue weighted by atomic mass is 19.2. The molecule has 0 saturated heterocycles. The summed E-state index contributed by atoms with van der Waals surface area (Å²) in [6.07, 6.45) is 7.90. The summed E-state index contributed by atoms with van der Waals surface area (Å²) in [6.45, 7) is 2.22. The second-order valence-electron chi connectivity index (χ2n) is 8.16. The summed E-state index contributed by atoms with van der Waals surface area (Å²) in [4.78, 5) is 0. The van der Waals surface area contributed by atoms with Crippen molar-refractivity contribution < 1.29 is 17.6 Å². The summed E-state index contributed by atoms with van der Waals surface area (Å²) in [5.41, 5.74) is 2.31. The normalized spacial score (nSPS) is 24.4. The van der Waals surface area contributed by atoms with Crippen molar-refractivity contribution in [2.75, 3.05) is 0 Å². The molecule has 0 heterocycles. The van der Waals surface area contributed by atoms with Gasteiger partial charge in [-0.05, 0) is 90.8 Å². The van der Waals surface area contributed by atoms with Crippen molar-refractivity contribution in [3.8, 4) is 11.1 Å². The third-order valence-electron chi connectivity index (χ3n) is 6.50. The number of hydrogen-bond donors (Lipinski definition) is 0. The Balaban J connectivity index is 1.67. The molecule has 0 nitrogen and oxygen atoms in total. The van der Waals surface area contributed by atoms with Crippen LogP contribution in [0.4, 0.5) is 17.6 Å². The number of hydrogen-bond acceptors (Lipinski definition) is 0. The predicted octanol–water partition coefficient (Wildman–Crippen LogP) is 7.16. The molecule has 0 aliphatic heterocycles. The van der Waals surface area contributed by atoms with E-state index in [4.69, 9.17) is 0 Å². The zero-order valence-electron chi connectivity index (χ0n) is 15.5. The average Bonchev–Trinajstić information content (AvgIpc) is 2.65. The van der Waals surface area contributed by atoms with Crippen LogP contribution in [0.5, 0.6) is 0 Å². The molecule has 0 aromatic heterocycles. The monoisotopic (exact) mass is 376 g/mol. The number of halogens is 4. The molecule has 0 bridgehead atoms. The van der Waals surface area contributed by atoms with Crippen LogP contribution in [0.2, 0.25) is 0 Å². The summed E-state index contributed by atoms with van der Waals surface area (Å²) < 4.78 is 55.2. The lowest BCUT2D eigenvalue weighted by molar-refractivity contribution is 0.201. The van der Waals surface area contributed by atoms with Gasteiger partial charge in [0.15, 0.2) is 17.5 Å². The first-order valence-corrected chi connectivity index (χ1v) is 9.95. The van der Waals surface area contributed by atoms with Crippen molar-refractivity contribution in [3.63, 3.8) is 0 Å². The van der Waals surface area contributed by atoms with E-state index < -0.39 is 23.3 Å². The topological polar surface area (TPSA) is 0 Å². The Morgan fingerprint density at radius 3 is 2.33 bits per heavy atom. The molecule has 0 spiro atoms. The largest absolute Gasteiger partial charge is 0.206 e. The zero-order chi connectivity index (χ0) is 19.1. The molecule has 0 amide bonds. The van der Waals surface area contributed by atoms with Crippen LogP contribution in [0.3, 0.4) is 0 Å². The maximum Gasteiger partial charge on any atom is 0.194 e. The van der Waals surface area contributed by atoms with Crippen LogP contribution >= 0.6 is 0 Å². The quantitative estimate of drug-likeness (QED) is 0.394. The molecule has 4 heteroatoms. The van der Waals surface area contributed by atoms with Gasteiger partial charge in [0.05, 0.1) is 0 Å². The maximum absolute atomic E-state index is 14.8. The minimum Gasteiger partial charge on any atom is -0.206 e. The summed E-state index contributed by atoms with van der Waals surface area (Å²) in [6, 6.07) is 5.00. The van der Waals surface area contributed by atoms with E-state index >= 15 is 0 Å². The van der Waals surface area contributed by atoms with Gasteiger partial charge in [-0.2, -0.15) is 0 Å². The first kappa shape index (κ1) is 18.5. The molecular weight excluding hydrogens is 352 g/mol. The van der Waals surface area contributed by atoms with Crippen molar-refractivity contribution in [3.05, 3.63) is 58.7 Å². The van der Waals surface area contributed by atoms with Gasteiger partial charge < -0.3 is 0 Å². The Morgan fingerprint density at radius 2 is 1.63 bits per heavy atom. The van der Waals surface area contributed by atoms with E-state index in [9.17, 15) is 17.6 Å². The van der Waals surface area contributed by atoms with Gasteiger partial charge in [0, 0.05) is 5.56 Å². The van der Waals surface area contributed by atoms with E-state index in [-0.39, 0.29) is 11.1 Å². The molecule has 2 aromatic rings. The van der Waals surface area contributed by atoms with Crippen molar-refractivity contribution >= 4 is 0 Å². The van der Waals surface area contributed by atoms with E-state index in [2.05, 4.69) is 6.92 Å². The molecule has 0 radical (unpaired) electrons. The van der Waals surface area contributed by atoms with E-state index in [1.54, 1.807) is 12.1 Å². The summed E-state index contributed by atoms with van der Waals surface area (Å²) in [5.74, 6) is -2.83. The fourth-order valence-corrected chi connectivity index (χ4v) is 5.23. The van der Waals surface area contributed by atoms with E-state index in [1.807, 2.05) is 0 Å². The summed E-state index contributed by atoms with van der Waals surface area (Å²) in [5, 5.41) is 0. The fraction of sp³-hybridized carbons (Fsp3) is 0.478. The number of fused-ring (bicyclic) bond motifs is 3. The summed E-state index contributed by atoms with van der Waals surface area (Å²) >= 11 is 0. The first-order valence-electron chi connectivity index (χ1n) is 9.95. The third kappa shape index (κ3) is 3.39. The van der Waals surface area contributed by atoms with Crippen molar-refractivity contribution in [1.29, 1.82) is 0 Å². The highest BCUT2D eigenvalue weighted by molar-refractivity contribution is 5.66. The van der Waals surface area contributed by atoms with Crippen LogP contribution in [0, 0.1) is 35.1 Å². The molecule has 1 saturated carbocycles. The molecule has 2 aliphatic carbocycles. The predicted molar refractivity (Wildman–Crippen MR) is 98.5 cm³/mol. The van der Waals surface area contributed by atoms with Crippen molar-refractivity contribution in [2.45, 2.75) is 57.8 Å². The van der Waals surface area contributed by atoms with E-state index in [0.29, 0.717) is 11.8 Å². The van der Waals surface area contributed by atoms with E-state index in [1.165, 1.54) is 25.7 Å². The lowest BCUT2D eigenvalue weighted by atomic mass is 9.64. The fourth-order valence-electron chi connectivity index (χ4n) is 5.23. The van der Waals surface area contributed by atoms with Gasteiger partial charge in [-0.25, -0.2) is 17.6 Å². The summed E-state index contributed by atoms with van der Waals surface area (Å²) in [7, 11) is 0. The Hall–Kier alpha value is -1.84. The molecule has 1 fully saturated rings. The SMILES string of the molecule is CCC[C@@H]1CC[C@@H]2c3cc(F)c(-c4cc(F)c(F)c(F)c4)cc3CC[C@@H]2C1. The van der Waals surface area contributed by atoms with Crippen LogP contribution in [0.1, 0.15) is 62.5 Å². The van der Waals surface area contributed by atoms with Gasteiger partial charge in [0.1, 0.15) is 5.82 Å². The molecule has 4 rings (SSSR count). The van der Waals surface area contributed by atoms with Gasteiger partial charge in [-0.3, -0.25) is 0 Å². The molecule has 144 valence electrons. The molecule has 3 atom stereocenters. The molecular formula is C23H24F4. The Kier molecular flexibility index (Phi) is 5.00. The minimum atomic E-state index is -1.52. The van der Waals surface area contributed by atoms with Crippen LogP contribution < -0.4 is 0 Å². The number of rotatable bonds is 3. The number of aryl methyl sites for hydroxylation is 1. The van der Waals surface area contributed by atoms with Gasteiger partial charge in [-0.1, -0.05) is 19.8 Å². The van der Waals surface area contributed by atoms with Crippen molar-refractivity contribution in [2.24, 2.45) is 11.8 Å². The lowest BCUT2D eigenvalue weighted by Gasteiger charge is -2.41. The van der Waals surface area contributed by atoms with Crippen molar-refractivity contribution in [1.82, 2.24) is 0 Å². The first-order chi connectivity index (χ1) is 13.0. The minimum absolute atomic E-state index is 0.0421. The molecule has 2 aliphatic rings. The highest BCUT2D eigenvalue weighted by Gasteiger charge is 2.35. The van der Waals surface area contributed by atoms with E-state index in [0.717, 1.165) is 48.4 Å². The lowest BCUT2D eigenvalue weighted by Crippen LogP contribution is -2.28. The second-order valence-corrected chi connectivity index (χ2v) is 8.16. The molecule has 0 unspecified atom stereocenters. The standard InChI is InChI=1S/C23H24F4/c1-2-3-13-4-7-17-14(8-13)5-6-15-9-19(20(24)12-18(15)17)16-10-21(25)23(27)22(26)11-16/h9-14,17H,2-8H2,1H3/t13-,14-,17+/m1/s1. The van der Waals surface area contributed by atoms with Gasteiger partial charge in [-0.15, -0.1) is 0 Å². The van der Waals surface area contributed by atoms with Gasteiger partial charge in [0.2, 0.25) is 0 Å². The van der Waals surface area contributed by atoms with Crippen LogP contribution in [-0.2, 0) is 6.42 Å².